The Kier molecular flexibility index (Phi) is 5.39. The van der Waals surface area contributed by atoms with Crippen molar-refractivity contribution in [1.82, 2.24) is 25.2 Å². The van der Waals surface area contributed by atoms with E-state index in [0.717, 1.165) is 18.6 Å². The van der Waals surface area contributed by atoms with Crippen molar-refractivity contribution in [1.29, 1.82) is 0 Å². The molecule has 2 aromatic heterocycles. The van der Waals surface area contributed by atoms with Crippen LogP contribution in [0.15, 0.2) is 23.0 Å². The Morgan fingerprint density at radius 1 is 1.35 bits per heavy atom. The van der Waals surface area contributed by atoms with Crippen molar-refractivity contribution in [2.24, 2.45) is 13.0 Å². The molecule has 1 aliphatic rings. The van der Waals surface area contributed by atoms with Gasteiger partial charge >= 0.3 is 0 Å². The van der Waals surface area contributed by atoms with E-state index in [1.807, 2.05) is 13.8 Å². The van der Waals surface area contributed by atoms with Gasteiger partial charge in [-0.15, -0.1) is 0 Å². The summed E-state index contributed by atoms with van der Waals surface area (Å²) in [7, 11) is 1.78. The van der Waals surface area contributed by atoms with Gasteiger partial charge in [-0.05, 0) is 18.8 Å². The number of aryl methyl sites for hydroxylation is 1. The molecule has 1 aliphatic heterocycles. The molecule has 0 aromatic carbocycles. The van der Waals surface area contributed by atoms with Gasteiger partial charge < -0.3 is 14.7 Å². The molecule has 2 aromatic rings. The van der Waals surface area contributed by atoms with E-state index in [-0.39, 0.29) is 17.7 Å². The van der Waals surface area contributed by atoms with Crippen molar-refractivity contribution in [3.05, 3.63) is 35.5 Å². The molecule has 3 rings (SSSR count). The quantitative estimate of drug-likeness (QED) is 0.879. The number of hydrogen-bond acceptors (Lipinski definition) is 5. The molecule has 3 heterocycles. The highest BCUT2D eigenvalue weighted by molar-refractivity contribution is 5.93. The fourth-order valence-electron chi connectivity index (χ4n) is 3.04. The lowest BCUT2D eigenvalue weighted by molar-refractivity contribution is 0.0674. The average molecular weight is 359 g/mol. The Morgan fingerprint density at radius 3 is 2.65 bits per heavy atom. The average Bonchev–Trinajstić information content (AvgIpc) is 3.29. The van der Waals surface area contributed by atoms with Gasteiger partial charge in [0.2, 0.25) is 0 Å². The number of likely N-dealkylation sites (tertiary alicyclic amines) is 1. The predicted octanol–water partition coefficient (Wildman–Crippen LogP) is 1.81. The summed E-state index contributed by atoms with van der Waals surface area (Å²) in [5.74, 6) is 1.10. The fourth-order valence-corrected chi connectivity index (χ4v) is 3.04. The molecule has 0 aliphatic carbocycles. The fraction of sp³-hybridized carbons (Fsp3) is 0.556. The minimum Gasteiger partial charge on any atom is -0.360 e. The van der Waals surface area contributed by atoms with Crippen LogP contribution in [0.4, 0.5) is 0 Å². The molecule has 140 valence electrons. The van der Waals surface area contributed by atoms with Gasteiger partial charge in [-0.2, -0.15) is 5.10 Å². The number of aromatic nitrogens is 3. The molecule has 0 atom stereocenters. The first kappa shape index (κ1) is 18.2. The number of rotatable bonds is 5. The Bertz CT molecular complexity index is 771. The van der Waals surface area contributed by atoms with E-state index in [4.69, 9.17) is 4.52 Å². The number of hydrogen-bond donors (Lipinski definition) is 1. The largest absolute Gasteiger partial charge is 0.360 e. The second-order valence-corrected chi connectivity index (χ2v) is 7.12. The predicted molar refractivity (Wildman–Crippen MR) is 94.8 cm³/mol. The monoisotopic (exact) mass is 359 g/mol. The number of nitrogens with one attached hydrogen (secondary N) is 1. The highest BCUT2D eigenvalue weighted by Gasteiger charge is 2.26. The zero-order valence-corrected chi connectivity index (χ0v) is 15.4. The van der Waals surface area contributed by atoms with Crippen LogP contribution in [0.2, 0.25) is 0 Å². The summed E-state index contributed by atoms with van der Waals surface area (Å²) in [6.45, 7) is 5.93. The maximum absolute atomic E-state index is 12.5. The van der Waals surface area contributed by atoms with Gasteiger partial charge in [0.05, 0.1) is 11.8 Å². The van der Waals surface area contributed by atoms with Gasteiger partial charge in [-0.3, -0.25) is 14.3 Å². The Labute approximate surface area is 152 Å². The summed E-state index contributed by atoms with van der Waals surface area (Å²) in [6.07, 6.45) is 4.96. The maximum Gasteiger partial charge on any atom is 0.276 e. The molecule has 0 unspecified atom stereocenters. The summed E-state index contributed by atoms with van der Waals surface area (Å²) in [5.41, 5.74) is 0.934. The Hall–Kier alpha value is -2.64. The third kappa shape index (κ3) is 4.12. The van der Waals surface area contributed by atoms with Crippen molar-refractivity contribution in [2.45, 2.75) is 32.6 Å². The van der Waals surface area contributed by atoms with E-state index in [1.54, 1.807) is 35.1 Å². The molecule has 1 saturated heterocycles. The van der Waals surface area contributed by atoms with E-state index in [2.05, 4.69) is 15.6 Å². The number of carbonyl (C=O) groups excluding carboxylic acids is 2. The van der Waals surface area contributed by atoms with Crippen molar-refractivity contribution in [3.8, 4) is 0 Å². The first-order chi connectivity index (χ1) is 12.4. The molecule has 0 bridgehead atoms. The Balaban J connectivity index is 1.46. The molecule has 1 N–H and O–H groups in total. The summed E-state index contributed by atoms with van der Waals surface area (Å²) >= 11 is 0. The second kappa shape index (κ2) is 7.72. The van der Waals surface area contributed by atoms with Crippen LogP contribution in [0.25, 0.3) is 0 Å². The smallest absolute Gasteiger partial charge is 0.276 e. The lowest BCUT2D eigenvalue weighted by atomic mass is 9.96. The third-order valence-electron chi connectivity index (χ3n) is 4.74. The lowest BCUT2D eigenvalue weighted by Crippen LogP contribution is -2.41. The Morgan fingerprint density at radius 2 is 2.08 bits per heavy atom. The van der Waals surface area contributed by atoms with Gasteiger partial charge in [0, 0.05) is 44.9 Å². The highest BCUT2D eigenvalue weighted by Crippen LogP contribution is 2.20. The highest BCUT2D eigenvalue weighted by atomic mass is 16.5. The molecule has 8 nitrogen and oxygen atoms in total. The van der Waals surface area contributed by atoms with Gasteiger partial charge in [-0.1, -0.05) is 19.0 Å². The van der Waals surface area contributed by atoms with Crippen LogP contribution in [0.5, 0.6) is 0 Å². The molecule has 26 heavy (non-hydrogen) atoms. The number of nitrogens with zero attached hydrogens (tertiary/aromatic N) is 4. The molecule has 0 radical (unpaired) electrons. The van der Waals surface area contributed by atoms with E-state index < -0.39 is 0 Å². The zero-order chi connectivity index (χ0) is 18.7. The SMILES string of the molecule is CC(C)c1cc(C(=O)N2CCC(CNC(=O)c3cnn(C)c3)CC2)no1. The third-order valence-corrected chi connectivity index (χ3v) is 4.74. The van der Waals surface area contributed by atoms with Crippen molar-refractivity contribution in [3.63, 3.8) is 0 Å². The molecule has 1 fully saturated rings. The topological polar surface area (TPSA) is 93.3 Å². The van der Waals surface area contributed by atoms with Crippen LogP contribution in [-0.2, 0) is 7.05 Å². The first-order valence-corrected chi connectivity index (χ1v) is 8.96. The molecule has 2 amide bonds. The minimum absolute atomic E-state index is 0.0847. The van der Waals surface area contributed by atoms with E-state index in [1.165, 1.54) is 0 Å². The minimum atomic E-state index is -0.111. The summed E-state index contributed by atoms with van der Waals surface area (Å²) < 4.78 is 6.82. The van der Waals surface area contributed by atoms with Crippen LogP contribution in [0.3, 0.4) is 0 Å². The van der Waals surface area contributed by atoms with Gasteiger partial charge in [-0.25, -0.2) is 0 Å². The summed E-state index contributed by atoms with van der Waals surface area (Å²) in [5, 5.41) is 10.8. The molecular weight excluding hydrogens is 334 g/mol. The van der Waals surface area contributed by atoms with E-state index in [9.17, 15) is 9.59 Å². The van der Waals surface area contributed by atoms with Crippen LogP contribution in [0, 0.1) is 5.92 Å². The second-order valence-electron chi connectivity index (χ2n) is 7.12. The zero-order valence-electron chi connectivity index (χ0n) is 15.4. The van der Waals surface area contributed by atoms with E-state index in [0.29, 0.717) is 36.8 Å². The van der Waals surface area contributed by atoms with Gasteiger partial charge in [0.25, 0.3) is 11.8 Å². The summed E-state index contributed by atoms with van der Waals surface area (Å²) in [6, 6.07) is 1.73. The maximum atomic E-state index is 12.5. The number of carbonyl (C=O) groups is 2. The molecule has 0 saturated carbocycles. The lowest BCUT2D eigenvalue weighted by Gasteiger charge is -2.31. The van der Waals surface area contributed by atoms with Crippen LogP contribution in [-0.4, -0.2) is 51.3 Å². The van der Waals surface area contributed by atoms with Gasteiger partial charge in [0.1, 0.15) is 5.76 Å². The molecule has 8 heteroatoms. The normalized spacial score (nSPS) is 15.5. The standard InChI is InChI=1S/C18H25N5O3/c1-12(2)16-8-15(21-26-16)18(25)23-6-4-13(5-7-23)9-19-17(24)14-10-20-22(3)11-14/h8,10-13H,4-7,9H2,1-3H3,(H,19,24). The van der Waals surface area contributed by atoms with Crippen LogP contribution in [0.1, 0.15) is 59.2 Å². The number of piperidine rings is 1. The molecular formula is C18H25N5O3. The van der Waals surface area contributed by atoms with E-state index >= 15 is 0 Å². The van der Waals surface area contributed by atoms with Gasteiger partial charge in [0.15, 0.2) is 5.69 Å². The van der Waals surface area contributed by atoms with Crippen molar-refractivity contribution < 1.29 is 14.1 Å². The van der Waals surface area contributed by atoms with Crippen molar-refractivity contribution in [2.75, 3.05) is 19.6 Å². The molecule has 0 spiro atoms. The first-order valence-electron chi connectivity index (χ1n) is 8.96. The summed E-state index contributed by atoms with van der Waals surface area (Å²) in [4.78, 5) is 26.4. The van der Waals surface area contributed by atoms with Crippen LogP contribution >= 0.6 is 0 Å². The van der Waals surface area contributed by atoms with Crippen LogP contribution < -0.4 is 5.32 Å². The van der Waals surface area contributed by atoms with Crippen molar-refractivity contribution >= 4 is 11.8 Å². The number of amides is 2.